The van der Waals surface area contributed by atoms with Crippen LogP contribution in [0.2, 0.25) is 0 Å². The van der Waals surface area contributed by atoms with Crippen LogP contribution in [-0.4, -0.2) is 31.4 Å². The van der Waals surface area contributed by atoms with Crippen molar-refractivity contribution in [3.8, 4) is 0 Å². The van der Waals surface area contributed by atoms with Crippen LogP contribution >= 0.6 is 0 Å². The summed E-state index contributed by atoms with van der Waals surface area (Å²) in [5, 5.41) is 0. The van der Waals surface area contributed by atoms with E-state index in [4.69, 9.17) is 0 Å². The van der Waals surface area contributed by atoms with Gasteiger partial charge in [0.15, 0.2) is 0 Å². The van der Waals surface area contributed by atoms with Crippen molar-refractivity contribution >= 4 is 21.6 Å². The van der Waals surface area contributed by atoms with Crippen molar-refractivity contribution in [1.29, 1.82) is 0 Å². The molecule has 110 valence electrons. The summed E-state index contributed by atoms with van der Waals surface area (Å²) >= 11 is 0. The Morgan fingerprint density at radius 1 is 0.556 bits per heavy atom. The first kappa shape index (κ1) is 18.3. The van der Waals surface area contributed by atoms with Gasteiger partial charge in [-0.05, 0) is 12.8 Å². The van der Waals surface area contributed by atoms with Crippen LogP contribution in [0.4, 0.5) is 0 Å². The van der Waals surface area contributed by atoms with E-state index in [0.29, 0.717) is 0 Å². The maximum Gasteiger partial charge on any atom is 0.0234 e. The molecule has 0 rings (SSSR count). The van der Waals surface area contributed by atoms with Crippen molar-refractivity contribution in [2.45, 2.75) is 65.2 Å². The van der Waals surface area contributed by atoms with Gasteiger partial charge >= 0.3 is 0 Å². The Morgan fingerprint density at radius 2 is 0.833 bits per heavy atom. The minimum absolute atomic E-state index is 0.573. The zero-order valence-electron chi connectivity index (χ0n) is 12.1. The molecule has 0 aliphatic heterocycles. The fraction of sp³-hybridized carbons (Fsp3) is 1.00. The zero-order valence-corrected chi connectivity index (χ0v) is 13.8. The van der Waals surface area contributed by atoms with E-state index in [1.54, 1.807) is 0 Å². The average Bonchev–Trinajstić information content (AvgIpc) is 2.40. The predicted molar refractivity (Wildman–Crippen MR) is 84.0 cm³/mol. The molecule has 0 aliphatic rings. The highest BCUT2D eigenvalue weighted by Crippen LogP contribution is 2.09. The van der Waals surface area contributed by atoms with Gasteiger partial charge in [0.2, 0.25) is 0 Å². The Labute approximate surface area is 118 Å². The van der Waals surface area contributed by atoms with Crippen LogP contribution < -0.4 is 0 Å². The first-order chi connectivity index (χ1) is 8.70. The van der Waals surface area contributed by atoms with Crippen molar-refractivity contribution in [3.05, 3.63) is 0 Å². The Bertz CT molecular complexity index is 206. The van der Waals surface area contributed by atoms with Gasteiger partial charge in [-0.15, -0.1) is 0 Å². The van der Waals surface area contributed by atoms with E-state index in [-0.39, 0.29) is 0 Å². The molecule has 0 heterocycles. The Morgan fingerprint density at radius 3 is 1.11 bits per heavy atom. The smallest absolute Gasteiger partial charge is 0.0234 e. The summed E-state index contributed by atoms with van der Waals surface area (Å²) in [6, 6.07) is 0. The van der Waals surface area contributed by atoms with E-state index in [2.05, 4.69) is 0 Å². The summed E-state index contributed by atoms with van der Waals surface area (Å²) in [6.45, 7) is 3.98. The van der Waals surface area contributed by atoms with Gasteiger partial charge in [-0.3, -0.25) is 8.42 Å². The summed E-state index contributed by atoms with van der Waals surface area (Å²) in [5.41, 5.74) is 0. The van der Waals surface area contributed by atoms with Crippen LogP contribution in [0.5, 0.6) is 0 Å². The fourth-order valence-electron chi connectivity index (χ4n) is 1.88. The second kappa shape index (κ2) is 13.7. The van der Waals surface area contributed by atoms with Gasteiger partial charge in [-0.2, -0.15) is 0 Å². The Kier molecular flexibility index (Phi) is 14.0. The third-order valence-electron chi connectivity index (χ3n) is 3.14. The fourth-order valence-corrected chi connectivity index (χ4v) is 3.50. The van der Waals surface area contributed by atoms with Crippen molar-refractivity contribution in [3.63, 3.8) is 0 Å². The Hall–Kier alpha value is 0.300. The molecule has 0 saturated heterocycles. The first-order valence-corrected chi connectivity index (χ1v) is 10.4. The molecule has 0 fully saturated rings. The minimum atomic E-state index is -0.573. The molecule has 0 saturated carbocycles. The maximum absolute atomic E-state index is 11.2. The molecule has 18 heavy (non-hydrogen) atoms. The summed E-state index contributed by atoms with van der Waals surface area (Å²) in [6.07, 6.45) is 9.86. The molecule has 0 radical (unpaired) electrons. The molecule has 0 amide bonds. The number of unbranched alkanes of at least 4 members (excludes halogenated alkanes) is 7. The van der Waals surface area contributed by atoms with Crippen LogP contribution in [0, 0.1) is 0 Å². The number of hydrogen-bond donors (Lipinski definition) is 0. The van der Waals surface area contributed by atoms with Crippen LogP contribution in [0.25, 0.3) is 0 Å². The highest BCUT2D eigenvalue weighted by molar-refractivity contribution is 7.85. The molecule has 0 aromatic rings. The molecule has 0 aliphatic carbocycles. The molecule has 0 aromatic heterocycles. The van der Waals surface area contributed by atoms with Crippen LogP contribution in [0.1, 0.15) is 65.2 Å². The monoisotopic (exact) mass is 294 g/mol. The first-order valence-electron chi connectivity index (χ1n) is 7.40. The summed E-state index contributed by atoms with van der Waals surface area (Å²) < 4.78 is 22.4. The van der Waals surface area contributed by atoms with Gasteiger partial charge < -0.3 is 0 Å². The zero-order chi connectivity index (χ0) is 13.6. The van der Waals surface area contributed by atoms with E-state index in [9.17, 15) is 8.42 Å². The van der Waals surface area contributed by atoms with E-state index in [0.717, 1.165) is 35.9 Å². The SMILES string of the molecule is CCS(=O)CCCCCCCCCCS(=O)CC. The van der Waals surface area contributed by atoms with Gasteiger partial charge in [-0.25, -0.2) is 0 Å². The van der Waals surface area contributed by atoms with Gasteiger partial charge in [0.25, 0.3) is 0 Å². The largest absolute Gasteiger partial charge is 0.260 e. The minimum Gasteiger partial charge on any atom is -0.260 e. The van der Waals surface area contributed by atoms with Gasteiger partial charge in [0, 0.05) is 44.6 Å². The Balaban J connectivity index is 3.07. The van der Waals surface area contributed by atoms with Gasteiger partial charge in [0.1, 0.15) is 0 Å². The lowest BCUT2D eigenvalue weighted by Crippen LogP contribution is -1.99. The lowest BCUT2D eigenvalue weighted by atomic mass is 10.1. The maximum atomic E-state index is 11.2. The van der Waals surface area contributed by atoms with E-state index in [1.165, 1.54) is 38.5 Å². The van der Waals surface area contributed by atoms with Crippen molar-refractivity contribution < 1.29 is 8.42 Å². The van der Waals surface area contributed by atoms with E-state index in [1.807, 2.05) is 13.8 Å². The molecule has 2 nitrogen and oxygen atoms in total. The van der Waals surface area contributed by atoms with Crippen molar-refractivity contribution in [2.75, 3.05) is 23.0 Å². The standard InChI is InChI=1S/C14H30O2S2/c1-3-17(15)13-11-9-7-5-6-8-10-12-14-18(16)4-2/h3-14H2,1-2H3. The highest BCUT2D eigenvalue weighted by Gasteiger charge is 1.97. The predicted octanol–water partition coefficient (Wildman–Crippen LogP) is 3.64. The molecule has 0 aromatic carbocycles. The van der Waals surface area contributed by atoms with Crippen LogP contribution in [0.15, 0.2) is 0 Å². The number of hydrogen-bond acceptors (Lipinski definition) is 2. The molecule has 4 heteroatoms. The van der Waals surface area contributed by atoms with Crippen LogP contribution in [-0.2, 0) is 21.6 Å². The molecule has 0 N–H and O–H groups in total. The van der Waals surface area contributed by atoms with E-state index < -0.39 is 21.6 Å². The highest BCUT2D eigenvalue weighted by atomic mass is 32.2. The van der Waals surface area contributed by atoms with Crippen molar-refractivity contribution in [1.82, 2.24) is 0 Å². The number of rotatable bonds is 13. The average molecular weight is 295 g/mol. The molecule has 2 unspecified atom stereocenters. The summed E-state index contributed by atoms with van der Waals surface area (Å²) in [4.78, 5) is 0. The lowest BCUT2D eigenvalue weighted by Gasteiger charge is -2.02. The summed E-state index contributed by atoms with van der Waals surface area (Å²) in [5.74, 6) is 3.39. The quantitative estimate of drug-likeness (QED) is 0.486. The second-order valence-electron chi connectivity index (χ2n) is 4.69. The molecule has 0 bridgehead atoms. The van der Waals surface area contributed by atoms with Crippen molar-refractivity contribution in [2.24, 2.45) is 0 Å². The topological polar surface area (TPSA) is 34.1 Å². The third-order valence-corrected chi connectivity index (χ3v) is 5.91. The molecular formula is C14H30O2S2. The van der Waals surface area contributed by atoms with Gasteiger partial charge in [0.05, 0.1) is 0 Å². The summed E-state index contributed by atoms with van der Waals surface area (Å²) in [7, 11) is -1.15. The normalized spacial score (nSPS) is 14.6. The molecular weight excluding hydrogens is 264 g/mol. The second-order valence-corrected chi connectivity index (χ2v) is 8.42. The van der Waals surface area contributed by atoms with E-state index >= 15 is 0 Å². The molecule has 0 spiro atoms. The lowest BCUT2D eigenvalue weighted by molar-refractivity contribution is 0.584. The molecule has 2 atom stereocenters. The van der Waals surface area contributed by atoms with Gasteiger partial charge in [-0.1, -0.05) is 52.4 Å². The third kappa shape index (κ3) is 12.7. The van der Waals surface area contributed by atoms with Crippen LogP contribution in [0.3, 0.4) is 0 Å².